The van der Waals surface area contributed by atoms with Gasteiger partial charge in [0.05, 0.1) is 12.2 Å². The molecule has 0 saturated heterocycles. The van der Waals surface area contributed by atoms with Crippen molar-refractivity contribution < 1.29 is 4.79 Å². The predicted molar refractivity (Wildman–Crippen MR) is 121 cm³/mol. The number of aromatic nitrogens is 2. The number of benzene rings is 2. The van der Waals surface area contributed by atoms with Crippen LogP contribution in [0, 0.1) is 19.8 Å². The van der Waals surface area contributed by atoms with Crippen LogP contribution in [0.2, 0.25) is 0 Å². The van der Waals surface area contributed by atoms with E-state index in [-0.39, 0.29) is 5.91 Å². The molecule has 0 unspecified atom stereocenters. The van der Waals surface area contributed by atoms with Crippen molar-refractivity contribution in [2.24, 2.45) is 5.92 Å². The highest BCUT2D eigenvalue weighted by Gasteiger charge is 2.14. The number of aryl methyl sites for hydroxylation is 2. The summed E-state index contributed by atoms with van der Waals surface area (Å²) in [6, 6.07) is 22.7. The lowest BCUT2D eigenvalue weighted by Gasteiger charge is -2.23. The third-order valence-electron chi connectivity index (χ3n) is 5.10. The van der Waals surface area contributed by atoms with Gasteiger partial charge in [0.1, 0.15) is 0 Å². The molecule has 1 heterocycles. The maximum absolute atomic E-state index is 12.7. The summed E-state index contributed by atoms with van der Waals surface area (Å²) in [6.45, 7) is 9.51. The molecule has 3 aromatic rings. The molecule has 0 bridgehead atoms. The summed E-state index contributed by atoms with van der Waals surface area (Å²) in [4.78, 5) is 14.9. The third kappa shape index (κ3) is 6.85. The number of hydrogen-bond acceptors (Lipinski definition) is 3. The molecule has 0 aliphatic carbocycles. The zero-order chi connectivity index (χ0) is 21.3. The third-order valence-corrected chi connectivity index (χ3v) is 5.10. The van der Waals surface area contributed by atoms with Crippen molar-refractivity contribution in [1.82, 2.24) is 20.0 Å². The molecule has 0 aliphatic heterocycles. The average molecular weight is 405 g/mol. The molecule has 0 aliphatic rings. The van der Waals surface area contributed by atoms with Crippen molar-refractivity contribution in [2.75, 3.05) is 13.1 Å². The standard InChI is InChI=1S/C25H32N4O/c1-20(16-29-22(3)14-21(2)27-29)15-26-25(30)19-28(17-23-10-6-4-7-11-23)18-24-12-8-5-9-13-24/h4-14,20H,15-19H2,1-3H3,(H,26,30)/t20-/m1/s1. The maximum Gasteiger partial charge on any atom is 0.234 e. The zero-order valence-corrected chi connectivity index (χ0v) is 18.2. The molecule has 0 saturated carbocycles. The summed E-state index contributed by atoms with van der Waals surface area (Å²) in [7, 11) is 0. The Morgan fingerprint density at radius 3 is 2.07 bits per heavy atom. The van der Waals surface area contributed by atoms with Gasteiger partial charge in [-0.25, -0.2) is 0 Å². The van der Waals surface area contributed by atoms with Crippen LogP contribution in [0.4, 0.5) is 0 Å². The first-order valence-electron chi connectivity index (χ1n) is 10.6. The van der Waals surface area contributed by atoms with Gasteiger partial charge in [0.25, 0.3) is 0 Å². The van der Waals surface area contributed by atoms with E-state index in [2.05, 4.69) is 59.5 Å². The Morgan fingerprint density at radius 1 is 1.00 bits per heavy atom. The minimum Gasteiger partial charge on any atom is -0.355 e. The molecule has 30 heavy (non-hydrogen) atoms. The van der Waals surface area contributed by atoms with Gasteiger partial charge in [-0.05, 0) is 37.0 Å². The summed E-state index contributed by atoms with van der Waals surface area (Å²) in [5.74, 6) is 0.366. The SMILES string of the molecule is Cc1cc(C)n(C[C@H](C)CNC(=O)CN(Cc2ccccc2)Cc2ccccc2)n1. The lowest BCUT2D eigenvalue weighted by atomic mass is 10.1. The van der Waals surface area contributed by atoms with E-state index in [1.807, 2.05) is 48.0 Å². The first-order valence-corrected chi connectivity index (χ1v) is 10.6. The molecule has 5 heteroatoms. The highest BCUT2D eigenvalue weighted by atomic mass is 16.2. The number of nitrogens with zero attached hydrogens (tertiary/aromatic N) is 3. The second-order valence-corrected chi connectivity index (χ2v) is 8.13. The molecule has 1 N–H and O–H groups in total. The van der Waals surface area contributed by atoms with Gasteiger partial charge in [-0.15, -0.1) is 0 Å². The first-order chi connectivity index (χ1) is 14.5. The van der Waals surface area contributed by atoms with Crippen molar-refractivity contribution in [3.63, 3.8) is 0 Å². The summed E-state index contributed by atoms with van der Waals surface area (Å²) >= 11 is 0. The second kappa shape index (κ2) is 10.7. The lowest BCUT2D eigenvalue weighted by Crippen LogP contribution is -2.39. The molecular formula is C25H32N4O. The molecular weight excluding hydrogens is 372 g/mol. The van der Waals surface area contributed by atoms with Gasteiger partial charge in [-0.3, -0.25) is 14.4 Å². The summed E-state index contributed by atoms with van der Waals surface area (Å²) < 4.78 is 2.02. The predicted octanol–water partition coefficient (Wildman–Crippen LogP) is 3.95. The van der Waals surface area contributed by atoms with E-state index in [1.165, 1.54) is 11.1 Å². The number of carbonyl (C=O) groups excluding carboxylic acids is 1. The average Bonchev–Trinajstić information content (AvgIpc) is 3.04. The Hall–Kier alpha value is -2.92. The monoisotopic (exact) mass is 404 g/mol. The molecule has 158 valence electrons. The first kappa shape index (κ1) is 21.8. The fourth-order valence-electron chi connectivity index (χ4n) is 3.62. The van der Waals surface area contributed by atoms with Crippen LogP contribution in [-0.2, 0) is 24.4 Å². The van der Waals surface area contributed by atoms with Gasteiger partial charge >= 0.3 is 0 Å². The lowest BCUT2D eigenvalue weighted by molar-refractivity contribution is -0.122. The molecule has 0 radical (unpaired) electrons. The Kier molecular flexibility index (Phi) is 7.80. The summed E-state index contributed by atoms with van der Waals surface area (Å²) in [6.07, 6.45) is 0. The summed E-state index contributed by atoms with van der Waals surface area (Å²) in [5.41, 5.74) is 4.60. The Labute approximate surface area is 179 Å². The molecule has 3 rings (SSSR count). The van der Waals surface area contributed by atoms with Gasteiger partial charge in [0.2, 0.25) is 5.91 Å². The Balaban J connectivity index is 1.54. The minimum atomic E-state index is 0.0575. The molecule has 1 aromatic heterocycles. The van der Waals surface area contributed by atoms with Gasteiger partial charge in [-0.2, -0.15) is 5.10 Å². The van der Waals surface area contributed by atoms with Crippen LogP contribution in [0.5, 0.6) is 0 Å². The fourth-order valence-corrected chi connectivity index (χ4v) is 3.62. The van der Waals surface area contributed by atoms with Gasteiger partial charge in [0, 0.05) is 31.9 Å². The normalized spacial score (nSPS) is 12.1. The van der Waals surface area contributed by atoms with Crippen LogP contribution in [0.15, 0.2) is 66.7 Å². The van der Waals surface area contributed by atoms with Gasteiger partial charge in [0.15, 0.2) is 0 Å². The van der Waals surface area contributed by atoms with Crippen molar-refractivity contribution in [2.45, 2.75) is 40.4 Å². The van der Waals surface area contributed by atoms with Crippen LogP contribution in [0.25, 0.3) is 0 Å². The van der Waals surface area contributed by atoms with Crippen LogP contribution in [0.3, 0.4) is 0 Å². The topological polar surface area (TPSA) is 50.2 Å². The number of carbonyl (C=O) groups is 1. The summed E-state index contributed by atoms with van der Waals surface area (Å²) in [5, 5.41) is 7.62. The number of amides is 1. The second-order valence-electron chi connectivity index (χ2n) is 8.13. The molecule has 2 aromatic carbocycles. The van der Waals surface area contributed by atoms with Crippen molar-refractivity contribution in [1.29, 1.82) is 0 Å². The van der Waals surface area contributed by atoms with E-state index in [9.17, 15) is 4.79 Å². The smallest absolute Gasteiger partial charge is 0.234 e. The largest absolute Gasteiger partial charge is 0.355 e. The molecule has 1 atom stereocenters. The van der Waals surface area contributed by atoms with Crippen LogP contribution in [0.1, 0.15) is 29.4 Å². The highest BCUT2D eigenvalue weighted by molar-refractivity contribution is 5.78. The fraction of sp³-hybridized carbons (Fsp3) is 0.360. The van der Waals surface area contributed by atoms with E-state index in [0.29, 0.717) is 19.0 Å². The molecule has 5 nitrogen and oxygen atoms in total. The Morgan fingerprint density at radius 2 is 1.57 bits per heavy atom. The van der Waals surface area contributed by atoms with Crippen LogP contribution < -0.4 is 5.32 Å². The van der Waals surface area contributed by atoms with Crippen LogP contribution in [-0.4, -0.2) is 33.7 Å². The number of hydrogen-bond donors (Lipinski definition) is 1. The molecule has 0 spiro atoms. The van der Waals surface area contributed by atoms with E-state index < -0.39 is 0 Å². The van der Waals surface area contributed by atoms with Gasteiger partial charge in [-0.1, -0.05) is 67.6 Å². The highest BCUT2D eigenvalue weighted by Crippen LogP contribution is 2.10. The minimum absolute atomic E-state index is 0.0575. The maximum atomic E-state index is 12.7. The van der Waals surface area contributed by atoms with E-state index in [0.717, 1.165) is 31.0 Å². The van der Waals surface area contributed by atoms with E-state index in [1.54, 1.807) is 0 Å². The van der Waals surface area contributed by atoms with Gasteiger partial charge < -0.3 is 5.32 Å². The zero-order valence-electron chi connectivity index (χ0n) is 18.2. The molecule has 0 fully saturated rings. The molecule has 1 amide bonds. The van der Waals surface area contributed by atoms with E-state index >= 15 is 0 Å². The Bertz CT molecular complexity index is 879. The van der Waals surface area contributed by atoms with Crippen LogP contribution >= 0.6 is 0 Å². The van der Waals surface area contributed by atoms with Crippen molar-refractivity contribution in [3.05, 3.63) is 89.2 Å². The van der Waals surface area contributed by atoms with Crippen molar-refractivity contribution >= 4 is 5.91 Å². The quantitative estimate of drug-likeness (QED) is 0.557. The number of nitrogens with one attached hydrogen (secondary N) is 1. The number of rotatable bonds is 10. The van der Waals surface area contributed by atoms with E-state index in [4.69, 9.17) is 0 Å². The van der Waals surface area contributed by atoms with Crippen molar-refractivity contribution in [3.8, 4) is 0 Å².